The van der Waals surface area contributed by atoms with Crippen LogP contribution in [0.25, 0.3) is 17.1 Å². The van der Waals surface area contributed by atoms with Crippen LogP contribution in [0.2, 0.25) is 0 Å². The Morgan fingerprint density at radius 1 is 1.14 bits per heavy atom. The van der Waals surface area contributed by atoms with Crippen LogP contribution in [-0.2, 0) is 6.54 Å². The number of nitrogens with one attached hydrogen (secondary N) is 1. The van der Waals surface area contributed by atoms with Gasteiger partial charge in [-0.25, -0.2) is 4.39 Å². The fraction of sp³-hybridized carbons (Fsp3) is 0.133. The van der Waals surface area contributed by atoms with Gasteiger partial charge >= 0.3 is 0 Å². The molecular formula is C15H14FN5. The third kappa shape index (κ3) is 2.80. The van der Waals surface area contributed by atoms with Crippen molar-refractivity contribution in [3.05, 3.63) is 59.9 Å². The summed E-state index contributed by atoms with van der Waals surface area (Å²) in [7, 11) is 1.82. The van der Waals surface area contributed by atoms with Gasteiger partial charge in [0.2, 0.25) is 5.82 Å². The van der Waals surface area contributed by atoms with Crippen LogP contribution in [0.3, 0.4) is 0 Å². The van der Waals surface area contributed by atoms with Gasteiger partial charge in [0.1, 0.15) is 5.69 Å². The maximum atomic E-state index is 14.1. The van der Waals surface area contributed by atoms with Crippen LogP contribution in [0.15, 0.2) is 48.5 Å². The molecule has 0 bridgehead atoms. The predicted molar refractivity (Wildman–Crippen MR) is 77.3 cm³/mol. The van der Waals surface area contributed by atoms with Crippen molar-refractivity contribution in [2.24, 2.45) is 0 Å². The lowest BCUT2D eigenvalue weighted by atomic mass is 10.2. The summed E-state index contributed by atoms with van der Waals surface area (Å²) >= 11 is 0. The van der Waals surface area contributed by atoms with Crippen molar-refractivity contribution < 1.29 is 4.39 Å². The Balaban J connectivity index is 1.93. The fourth-order valence-corrected chi connectivity index (χ4v) is 2.05. The van der Waals surface area contributed by atoms with Gasteiger partial charge in [0.05, 0.1) is 0 Å². The Morgan fingerprint density at radius 3 is 2.67 bits per heavy atom. The number of rotatable bonds is 4. The van der Waals surface area contributed by atoms with E-state index in [9.17, 15) is 4.39 Å². The van der Waals surface area contributed by atoms with E-state index in [0.717, 1.165) is 11.1 Å². The average molecular weight is 283 g/mol. The number of aromatic nitrogens is 4. The van der Waals surface area contributed by atoms with E-state index in [1.54, 1.807) is 6.07 Å². The van der Waals surface area contributed by atoms with E-state index in [4.69, 9.17) is 0 Å². The zero-order chi connectivity index (χ0) is 14.7. The molecule has 0 fully saturated rings. The van der Waals surface area contributed by atoms with Crippen LogP contribution >= 0.6 is 0 Å². The smallest absolute Gasteiger partial charge is 0.205 e. The second kappa shape index (κ2) is 5.80. The zero-order valence-corrected chi connectivity index (χ0v) is 11.5. The minimum absolute atomic E-state index is 0.282. The summed E-state index contributed by atoms with van der Waals surface area (Å²) in [4.78, 5) is 1.21. The summed E-state index contributed by atoms with van der Waals surface area (Å²) < 4.78 is 14.1. The van der Waals surface area contributed by atoms with Crippen molar-refractivity contribution in [3.8, 4) is 17.1 Å². The largest absolute Gasteiger partial charge is 0.316 e. The van der Waals surface area contributed by atoms with Gasteiger partial charge in [0.25, 0.3) is 0 Å². The maximum Gasteiger partial charge on any atom is 0.205 e. The van der Waals surface area contributed by atoms with E-state index in [-0.39, 0.29) is 11.5 Å². The van der Waals surface area contributed by atoms with Crippen molar-refractivity contribution in [3.63, 3.8) is 0 Å². The summed E-state index contributed by atoms with van der Waals surface area (Å²) in [5, 5.41) is 15.1. The minimum Gasteiger partial charge on any atom is -0.316 e. The molecule has 0 amide bonds. The first-order valence-electron chi connectivity index (χ1n) is 6.57. The Labute approximate surface area is 121 Å². The number of tetrazole rings is 1. The minimum atomic E-state index is -0.375. The summed E-state index contributed by atoms with van der Waals surface area (Å²) in [6, 6.07) is 14.4. The molecule has 0 saturated heterocycles. The number of nitrogens with zero attached hydrogens (tertiary/aromatic N) is 4. The molecule has 1 aromatic heterocycles. The average Bonchev–Trinajstić information content (AvgIpc) is 2.98. The molecule has 0 atom stereocenters. The highest BCUT2D eigenvalue weighted by Crippen LogP contribution is 2.16. The van der Waals surface area contributed by atoms with E-state index in [1.165, 1.54) is 10.9 Å². The monoisotopic (exact) mass is 283 g/mol. The van der Waals surface area contributed by atoms with Crippen molar-refractivity contribution in [1.29, 1.82) is 0 Å². The van der Waals surface area contributed by atoms with Gasteiger partial charge in [-0.1, -0.05) is 36.4 Å². The lowest BCUT2D eigenvalue weighted by Crippen LogP contribution is -2.07. The quantitative estimate of drug-likeness (QED) is 0.797. The predicted octanol–water partition coefficient (Wildman–Crippen LogP) is 2.19. The molecule has 0 aliphatic carbocycles. The van der Waals surface area contributed by atoms with Crippen LogP contribution in [0.1, 0.15) is 5.56 Å². The Morgan fingerprint density at radius 2 is 1.95 bits per heavy atom. The fourth-order valence-electron chi connectivity index (χ4n) is 2.05. The molecule has 6 heteroatoms. The van der Waals surface area contributed by atoms with Crippen LogP contribution < -0.4 is 5.32 Å². The molecule has 3 aromatic rings. The van der Waals surface area contributed by atoms with E-state index in [2.05, 4.69) is 20.7 Å². The molecular weight excluding hydrogens is 269 g/mol. The second-order valence-electron chi connectivity index (χ2n) is 4.58. The Hall–Kier alpha value is -2.60. The molecule has 3 rings (SSSR count). The van der Waals surface area contributed by atoms with Crippen molar-refractivity contribution in [2.75, 3.05) is 7.05 Å². The van der Waals surface area contributed by atoms with Crippen molar-refractivity contribution in [2.45, 2.75) is 6.54 Å². The molecule has 5 nitrogen and oxygen atoms in total. The van der Waals surface area contributed by atoms with E-state index in [0.29, 0.717) is 12.4 Å². The molecule has 2 aromatic carbocycles. The number of hydrogen-bond donors (Lipinski definition) is 1. The zero-order valence-electron chi connectivity index (χ0n) is 11.5. The van der Waals surface area contributed by atoms with Crippen LogP contribution in [0, 0.1) is 5.82 Å². The number of benzene rings is 2. The molecule has 0 radical (unpaired) electrons. The van der Waals surface area contributed by atoms with Crippen molar-refractivity contribution >= 4 is 0 Å². The van der Waals surface area contributed by atoms with Gasteiger partial charge in [-0.15, -0.1) is 15.0 Å². The molecule has 0 unspecified atom stereocenters. The molecule has 106 valence electrons. The third-order valence-corrected chi connectivity index (χ3v) is 3.05. The molecule has 0 aliphatic heterocycles. The van der Waals surface area contributed by atoms with E-state index < -0.39 is 0 Å². The summed E-state index contributed by atoms with van der Waals surface area (Å²) in [6.07, 6.45) is 0. The van der Waals surface area contributed by atoms with E-state index in [1.807, 2.05) is 43.4 Å². The summed E-state index contributed by atoms with van der Waals surface area (Å²) in [5.41, 5.74) is 1.99. The first-order chi connectivity index (χ1) is 10.3. The topological polar surface area (TPSA) is 55.6 Å². The normalized spacial score (nSPS) is 10.8. The maximum absolute atomic E-state index is 14.1. The highest BCUT2D eigenvalue weighted by atomic mass is 19.1. The van der Waals surface area contributed by atoms with Gasteiger partial charge in [-0.2, -0.15) is 0 Å². The molecule has 1 heterocycles. The van der Waals surface area contributed by atoms with Gasteiger partial charge in [0, 0.05) is 12.1 Å². The SMILES string of the molecule is CNCc1ccc(-n2nnc(-c3ccccc3)n2)c(F)c1. The van der Waals surface area contributed by atoms with Crippen LogP contribution in [-0.4, -0.2) is 27.3 Å². The lowest BCUT2D eigenvalue weighted by molar-refractivity contribution is 0.588. The van der Waals surface area contributed by atoms with E-state index >= 15 is 0 Å². The third-order valence-electron chi connectivity index (χ3n) is 3.05. The standard InChI is InChI=1S/C15H14FN5/c1-17-10-11-7-8-14(13(16)9-11)21-19-15(18-20-21)12-5-3-2-4-6-12/h2-9,17H,10H2,1H3. The van der Waals surface area contributed by atoms with Gasteiger partial charge in [0.15, 0.2) is 5.82 Å². The lowest BCUT2D eigenvalue weighted by Gasteiger charge is -2.04. The second-order valence-corrected chi connectivity index (χ2v) is 4.58. The van der Waals surface area contributed by atoms with Gasteiger partial charge in [-0.3, -0.25) is 0 Å². The van der Waals surface area contributed by atoms with Gasteiger partial charge in [-0.05, 0) is 30.0 Å². The van der Waals surface area contributed by atoms with Gasteiger partial charge < -0.3 is 5.32 Å². The highest BCUT2D eigenvalue weighted by molar-refractivity contribution is 5.53. The first kappa shape index (κ1) is 13.4. The highest BCUT2D eigenvalue weighted by Gasteiger charge is 2.11. The Bertz CT molecular complexity index is 739. The summed E-state index contributed by atoms with van der Waals surface area (Å²) in [5.74, 6) is 0.0917. The molecule has 21 heavy (non-hydrogen) atoms. The number of hydrogen-bond acceptors (Lipinski definition) is 4. The molecule has 0 saturated carbocycles. The molecule has 0 aliphatic rings. The van der Waals surface area contributed by atoms with Crippen LogP contribution in [0.5, 0.6) is 0 Å². The summed E-state index contributed by atoms with van der Waals surface area (Å²) in [6.45, 7) is 0.608. The molecule has 1 N–H and O–H groups in total. The van der Waals surface area contributed by atoms with Crippen molar-refractivity contribution in [1.82, 2.24) is 25.5 Å². The first-order valence-corrected chi connectivity index (χ1v) is 6.57. The molecule has 0 spiro atoms. The number of halogens is 1. The Kier molecular flexibility index (Phi) is 3.70. The van der Waals surface area contributed by atoms with Crippen LogP contribution in [0.4, 0.5) is 4.39 Å².